The molecule has 9 nitrogen and oxygen atoms in total. The average molecular weight is 1140 g/mol. The van der Waals surface area contributed by atoms with Crippen molar-refractivity contribution in [3.05, 3.63) is 146 Å². The van der Waals surface area contributed by atoms with Crippen molar-refractivity contribution in [2.45, 2.75) is 294 Å². The Hall–Kier alpha value is -3.93. The van der Waals surface area contributed by atoms with Gasteiger partial charge in [0.1, 0.15) is 24.4 Å². The Morgan fingerprint density at radius 1 is 0.427 bits per heavy atom. The lowest BCUT2D eigenvalue weighted by molar-refractivity contribution is -0.302. The highest BCUT2D eigenvalue weighted by Crippen LogP contribution is 2.23. The summed E-state index contributed by atoms with van der Waals surface area (Å²) in [7, 11) is 0. The highest BCUT2D eigenvalue weighted by molar-refractivity contribution is 5.76. The maximum absolute atomic E-state index is 13.1. The van der Waals surface area contributed by atoms with Crippen LogP contribution in [0.4, 0.5) is 0 Å². The summed E-state index contributed by atoms with van der Waals surface area (Å²) >= 11 is 0. The molecule has 0 aromatic rings. The standard InChI is InChI=1S/C73H121NO8/c1-3-5-7-9-11-13-15-17-19-21-23-24-25-26-27-28-29-30-31-32-33-34-35-36-37-38-39-40-41-42-43-44-45-47-49-51-53-55-57-59-61-63-69(77)74-66(65-81-73-72(80)71(79)70(78)68(64-75)82-73)67(76)62-60-58-56-54-52-50-48-46-22-20-18-16-14-12-10-8-6-4-2/h5,7,11,13,17,19,23-24,26-27,29-30,32-33,35-36,38-39,41-42,44-45,49,51,66-68,70-73,75-76,78-80H,3-4,6,8-10,12,14-16,18,20-22,25,28,31,34,37,40,43,46-48,50,52-65H2,1-2H3,(H,74,77)/b7-5-,13-11-,19-17-,24-23-,27-26-,30-29-,33-32-,36-35-,39-38-,42-41-,45-44-,51-49-. The van der Waals surface area contributed by atoms with Crippen LogP contribution in [0, 0.1) is 0 Å². The number of hydrogen-bond acceptors (Lipinski definition) is 8. The maximum atomic E-state index is 13.1. The molecule has 1 aliphatic heterocycles. The molecule has 1 rings (SSSR count). The van der Waals surface area contributed by atoms with Crippen LogP contribution in [0.1, 0.15) is 251 Å². The van der Waals surface area contributed by atoms with Crippen molar-refractivity contribution in [3.8, 4) is 0 Å². The fourth-order valence-electron chi connectivity index (χ4n) is 9.55. The van der Waals surface area contributed by atoms with Gasteiger partial charge in [0.15, 0.2) is 6.29 Å². The second-order valence-corrected chi connectivity index (χ2v) is 22.2. The smallest absolute Gasteiger partial charge is 0.220 e. The van der Waals surface area contributed by atoms with Crippen LogP contribution in [-0.2, 0) is 14.3 Å². The molecule has 7 unspecified atom stereocenters. The Balaban J connectivity index is 2.18. The minimum absolute atomic E-state index is 0.156. The number of allylic oxidation sites excluding steroid dienone is 24. The molecule has 0 aromatic carbocycles. The first-order chi connectivity index (χ1) is 40.3. The van der Waals surface area contributed by atoms with E-state index in [1.165, 1.54) is 96.3 Å². The van der Waals surface area contributed by atoms with Crippen molar-refractivity contribution < 1.29 is 39.8 Å². The van der Waals surface area contributed by atoms with E-state index in [0.717, 1.165) is 128 Å². The van der Waals surface area contributed by atoms with Gasteiger partial charge in [-0.2, -0.15) is 0 Å². The molecule has 6 N–H and O–H groups in total. The molecule has 0 saturated carbocycles. The first-order valence-corrected chi connectivity index (χ1v) is 33.0. The van der Waals surface area contributed by atoms with E-state index in [9.17, 15) is 30.3 Å². The summed E-state index contributed by atoms with van der Waals surface area (Å²) in [6.07, 6.45) is 86.0. The number of hydrogen-bond donors (Lipinski definition) is 6. The Kier molecular flexibility index (Phi) is 55.9. The van der Waals surface area contributed by atoms with Crippen LogP contribution in [-0.4, -0.2) is 87.5 Å². The largest absolute Gasteiger partial charge is 0.394 e. The van der Waals surface area contributed by atoms with Crippen LogP contribution in [0.2, 0.25) is 0 Å². The normalized spacial score (nSPS) is 19.3. The van der Waals surface area contributed by atoms with Crippen molar-refractivity contribution in [1.82, 2.24) is 5.32 Å². The third-order valence-electron chi connectivity index (χ3n) is 14.7. The zero-order valence-corrected chi connectivity index (χ0v) is 51.9. The van der Waals surface area contributed by atoms with Gasteiger partial charge in [-0.3, -0.25) is 4.79 Å². The van der Waals surface area contributed by atoms with Gasteiger partial charge < -0.3 is 40.3 Å². The SMILES string of the molecule is CC/C=C\C/C=C\C/C=C\C/C=C\C/C=C\C/C=C\C/C=C\C/C=C\C/C=C\C/C=C\C/C=C\C/C=C\CCCCCCC(=O)NC(COC1OC(CO)C(O)C(O)C1O)C(O)CCCCCCCCCCCCCCCCCCCC. The number of ether oxygens (including phenoxy) is 2. The highest BCUT2D eigenvalue weighted by Gasteiger charge is 2.44. The number of unbranched alkanes of at least 4 members (excludes halogenated alkanes) is 21. The van der Waals surface area contributed by atoms with Gasteiger partial charge in [0.2, 0.25) is 5.91 Å². The molecule has 1 fully saturated rings. The van der Waals surface area contributed by atoms with Gasteiger partial charge in [-0.15, -0.1) is 0 Å². The molecule has 0 aromatic heterocycles. The van der Waals surface area contributed by atoms with Gasteiger partial charge in [-0.05, 0) is 103 Å². The van der Waals surface area contributed by atoms with Crippen LogP contribution < -0.4 is 5.32 Å². The van der Waals surface area contributed by atoms with E-state index in [1.54, 1.807) is 0 Å². The second-order valence-electron chi connectivity index (χ2n) is 22.2. The van der Waals surface area contributed by atoms with Gasteiger partial charge in [0, 0.05) is 6.42 Å². The third kappa shape index (κ3) is 48.4. The molecule has 1 heterocycles. The highest BCUT2D eigenvalue weighted by atomic mass is 16.7. The number of rotatable bonds is 55. The average Bonchev–Trinajstić information content (AvgIpc) is 3.57. The number of aliphatic hydroxyl groups is 5. The van der Waals surface area contributed by atoms with E-state index in [-0.39, 0.29) is 12.5 Å². The summed E-state index contributed by atoms with van der Waals surface area (Å²) in [5.41, 5.74) is 0. The fourth-order valence-corrected chi connectivity index (χ4v) is 9.55. The minimum atomic E-state index is -1.57. The molecule has 0 spiro atoms. The number of aliphatic hydroxyl groups excluding tert-OH is 5. The fraction of sp³-hybridized carbons (Fsp3) is 0.658. The van der Waals surface area contributed by atoms with Crippen molar-refractivity contribution in [1.29, 1.82) is 0 Å². The predicted octanol–water partition coefficient (Wildman–Crippen LogP) is 17.8. The zero-order valence-electron chi connectivity index (χ0n) is 51.9. The molecule has 466 valence electrons. The summed E-state index contributed by atoms with van der Waals surface area (Å²) in [6.45, 7) is 3.71. The van der Waals surface area contributed by atoms with Crippen molar-refractivity contribution in [2.24, 2.45) is 0 Å². The van der Waals surface area contributed by atoms with Crippen LogP contribution >= 0.6 is 0 Å². The molecule has 9 heteroatoms. The maximum Gasteiger partial charge on any atom is 0.220 e. The quantitative estimate of drug-likeness (QED) is 0.0261. The van der Waals surface area contributed by atoms with E-state index < -0.39 is 49.5 Å². The van der Waals surface area contributed by atoms with Crippen molar-refractivity contribution in [2.75, 3.05) is 13.2 Å². The van der Waals surface area contributed by atoms with E-state index >= 15 is 0 Å². The number of carbonyl (C=O) groups is 1. The molecular weight excluding hydrogens is 1020 g/mol. The molecule has 0 aliphatic carbocycles. The second kappa shape index (κ2) is 60.2. The van der Waals surface area contributed by atoms with Crippen molar-refractivity contribution in [3.63, 3.8) is 0 Å². The van der Waals surface area contributed by atoms with Crippen LogP contribution in [0.15, 0.2) is 146 Å². The summed E-state index contributed by atoms with van der Waals surface area (Å²) in [5.74, 6) is -0.173. The van der Waals surface area contributed by atoms with E-state index in [4.69, 9.17) is 9.47 Å². The van der Waals surface area contributed by atoms with Gasteiger partial charge in [0.25, 0.3) is 0 Å². The Bertz CT molecular complexity index is 1800. The van der Waals surface area contributed by atoms with E-state index in [1.807, 2.05) is 0 Å². The van der Waals surface area contributed by atoms with Gasteiger partial charge >= 0.3 is 0 Å². The molecule has 1 saturated heterocycles. The van der Waals surface area contributed by atoms with Gasteiger partial charge in [-0.1, -0.05) is 288 Å². The molecule has 1 amide bonds. The molecule has 0 radical (unpaired) electrons. The summed E-state index contributed by atoms with van der Waals surface area (Å²) in [5, 5.41) is 54.8. The number of carbonyl (C=O) groups excluding carboxylic acids is 1. The predicted molar refractivity (Wildman–Crippen MR) is 350 cm³/mol. The van der Waals surface area contributed by atoms with E-state index in [0.29, 0.717) is 12.8 Å². The molecular formula is C73H121NO8. The number of amides is 1. The first kappa shape index (κ1) is 76.1. The first-order valence-electron chi connectivity index (χ1n) is 33.0. The molecule has 1 aliphatic rings. The topological polar surface area (TPSA) is 149 Å². The van der Waals surface area contributed by atoms with Crippen LogP contribution in [0.3, 0.4) is 0 Å². The lowest BCUT2D eigenvalue weighted by atomic mass is 9.99. The molecule has 82 heavy (non-hydrogen) atoms. The third-order valence-corrected chi connectivity index (χ3v) is 14.7. The van der Waals surface area contributed by atoms with Crippen LogP contribution in [0.25, 0.3) is 0 Å². The Morgan fingerprint density at radius 2 is 0.756 bits per heavy atom. The molecule has 7 atom stereocenters. The van der Waals surface area contributed by atoms with Crippen LogP contribution in [0.5, 0.6) is 0 Å². The zero-order chi connectivity index (χ0) is 59.3. The summed E-state index contributed by atoms with van der Waals surface area (Å²) in [6, 6.07) is -0.744. The Morgan fingerprint density at radius 3 is 1.12 bits per heavy atom. The Labute approximate surface area is 502 Å². The number of nitrogens with one attached hydrogen (secondary N) is 1. The summed E-state index contributed by atoms with van der Waals surface area (Å²) in [4.78, 5) is 13.1. The van der Waals surface area contributed by atoms with Gasteiger partial charge in [-0.25, -0.2) is 0 Å². The summed E-state index contributed by atoms with van der Waals surface area (Å²) < 4.78 is 11.3. The molecule has 0 bridgehead atoms. The van der Waals surface area contributed by atoms with Crippen molar-refractivity contribution >= 4 is 5.91 Å². The minimum Gasteiger partial charge on any atom is -0.394 e. The lowest BCUT2D eigenvalue weighted by Crippen LogP contribution is -2.60. The van der Waals surface area contributed by atoms with E-state index in [2.05, 4.69) is 165 Å². The van der Waals surface area contributed by atoms with Gasteiger partial charge in [0.05, 0.1) is 25.4 Å². The lowest BCUT2D eigenvalue weighted by Gasteiger charge is -2.40. The monoisotopic (exact) mass is 1140 g/mol.